The fourth-order valence-corrected chi connectivity index (χ4v) is 2.15. The standard InChI is InChI=1S/C6H10O6S/c7-13(8,9)12-5-3-11-4-1-2-10-6(4)5/h4-6H,1-3H2,(H,7,8,9)/t4?,5-,6+/m1/s1. The molecule has 7 heteroatoms. The number of fused-ring (bicyclic) bond motifs is 1. The molecule has 0 aromatic carbocycles. The molecule has 0 aromatic rings. The molecule has 0 spiro atoms. The molecule has 13 heavy (non-hydrogen) atoms. The van der Waals surface area contributed by atoms with Crippen molar-refractivity contribution in [2.45, 2.75) is 24.7 Å². The quantitative estimate of drug-likeness (QED) is 0.610. The average molecular weight is 210 g/mol. The van der Waals surface area contributed by atoms with Gasteiger partial charge in [-0.25, -0.2) is 4.18 Å². The van der Waals surface area contributed by atoms with Crippen molar-refractivity contribution in [1.82, 2.24) is 0 Å². The van der Waals surface area contributed by atoms with Crippen molar-refractivity contribution in [2.75, 3.05) is 13.2 Å². The largest absolute Gasteiger partial charge is 0.397 e. The monoisotopic (exact) mass is 210 g/mol. The number of hydrogen-bond acceptors (Lipinski definition) is 5. The highest BCUT2D eigenvalue weighted by molar-refractivity contribution is 7.80. The minimum Gasteiger partial charge on any atom is -0.373 e. The molecule has 0 bridgehead atoms. The molecule has 0 aliphatic carbocycles. The van der Waals surface area contributed by atoms with Crippen LogP contribution in [0, 0.1) is 0 Å². The second kappa shape index (κ2) is 3.18. The van der Waals surface area contributed by atoms with Crippen LogP contribution in [0.4, 0.5) is 0 Å². The lowest BCUT2D eigenvalue weighted by molar-refractivity contribution is 0.0287. The zero-order chi connectivity index (χ0) is 9.47. The third-order valence-corrected chi connectivity index (χ3v) is 2.66. The summed E-state index contributed by atoms with van der Waals surface area (Å²) in [5, 5.41) is 0. The Balaban J connectivity index is 2.01. The van der Waals surface area contributed by atoms with E-state index in [0.717, 1.165) is 6.42 Å². The van der Waals surface area contributed by atoms with Gasteiger partial charge in [0.15, 0.2) is 0 Å². The van der Waals surface area contributed by atoms with Crippen molar-refractivity contribution in [3.05, 3.63) is 0 Å². The van der Waals surface area contributed by atoms with Gasteiger partial charge in [0.25, 0.3) is 0 Å². The summed E-state index contributed by atoms with van der Waals surface area (Å²) in [4.78, 5) is 0. The van der Waals surface area contributed by atoms with Gasteiger partial charge in [-0.3, -0.25) is 4.55 Å². The molecule has 2 saturated heterocycles. The molecular weight excluding hydrogens is 200 g/mol. The van der Waals surface area contributed by atoms with E-state index in [1.54, 1.807) is 0 Å². The van der Waals surface area contributed by atoms with Crippen LogP contribution in [0.5, 0.6) is 0 Å². The van der Waals surface area contributed by atoms with Crippen LogP contribution in [-0.2, 0) is 24.1 Å². The zero-order valence-corrected chi connectivity index (χ0v) is 7.57. The Morgan fingerprint density at radius 2 is 2.15 bits per heavy atom. The number of hydrogen-bond donors (Lipinski definition) is 1. The lowest BCUT2D eigenvalue weighted by atomic mass is 10.1. The summed E-state index contributed by atoms with van der Waals surface area (Å²) in [6.45, 7) is 0.690. The summed E-state index contributed by atoms with van der Waals surface area (Å²) in [6.07, 6.45) is -0.410. The third kappa shape index (κ3) is 2.00. The van der Waals surface area contributed by atoms with Gasteiger partial charge >= 0.3 is 10.4 Å². The van der Waals surface area contributed by atoms with Gasteiger partial charge in [0, 0.05) is 6.61 Å². The predicted octanol–water partition coefficient (Wildman–Crippen LogP) is -0.638. The van der Waals surface area contributed by atoms with Gasteiger partial charge < -0.3 is 9.47 Å². The number of rotatable bonds is 2. The molecule has 0 saturated carbocycles. The Kier molecular flexibility index (Phi) is 2.28. The zero-order valence-electron chi connectivity index (χ0n) is 6.75. The second-order valence-electron chi connectivity index (χ2n) is 3.06. The molecule has 2 aliphatic heterocycles. The van der Waals surface area contributed by atoms with Crippen LogP contribution in [0.1, 0.15) is 6.42 Å². The fraction of sp³-hybridized carbons (Fsp3) is 1.00. The third-order valence-electron chi connectivity index (χ3n) is 2.17. The van der Waals surface area contributed by atoms with E-state index in [4.69, 9.17) is 14.0 Å². The molecule has 2 aliphatic rings. The minimum absolute atomic E-state index is 0.0910. The lowest BCUT2D eigenvalue weighted by Gasteiger charge is -2.13. The van der Waals surface area contributed by atoms with E-state index in [1.807, 2.05) is 0 Å². The van der Waals surface area contributed by atoms with E-state index in [2.05, 4.69) is 4.18 Å². The topological polar surface area (TPSA) is 82.1 Å². The highest BCUT2D eigenvalue weighted by Gasteiger charge is 2.44. The van der Waals surface area contributed by atoms with Gasteiger partial charge in [0.2, 0.25) is 0 Å². The van der Waals surface area contributed by atoms with Gasteiger partial charge in [-0.05, 0) is 6.42 Å². The van der Waals surface area contributed by atoms with Crippen LogP contribution >= 0.6 is 0 Å². The normalized spacial score (nSPS) is 39.3. The van der Waals surface area contributed by atoms with E-state index in [9.17, 15) is 8.42 Å². The maximum Gasteiger partial charge on any atom is 0.397 e. The second-order valence-corrected chi connectivity index (χ2v) is 4.11. The highest BCUT2D eigenvalue weighted by atomic mass is 32.3. The van der Waals surface area contributed by atoms with Gasteiger partial charge in [-0.1, -0.05) is 0 Å². The van der Waals surface area contributed by atoms with Gasteiger partial charge in [-0.15, -0.1) is 0 Å². The molecule has 6 nitrogen and oxygen atoms in total. The molecule has 0 aromatic heterocycles. The summed E-state index contributed by atoms with van der Waals surface area (Å²) < 4.78 is 44.0. The first-order valence-electron chi connectivity index (χ1n) is 3.95. The Labute approximate surface area is 75.7 Å². The fourth-order valence-electron chi connectivity index (χ4n) is 1.67. The van der Waals surface area contributed by atoms with Gasteiger partial charge in [-0.2, -0.15) is 8.42 Å². The van der Waals surface area contributed by atoms with Crippen molar-refractivity contribution < 1.29 is 26.6 Å². The van der Waals surface area contributed by atoms with Crippen LogP contribution in [-0.4, -0.2) is 44.5 Å². The molecule has 3 atom stereocenters. The van der Waals surface area contributed by atoms with E-state index < -0.39 is 16.5 Å². The molecule has 0 amide bonds. The van der Waals surface area contributed by atoms with Crippen LogP contribution in [0.15, 0.2) is 0 Å². The summed E-state index contributed by atoms with van der Waals surface area (Å²) in [5.74, 6) is 0. The van der Waals surface area contributed by atoms with E-state index in [-0.39, 0.29) is 18.8 Å². The smallest absolute Gasteiger partial charge is 0.373 e. The first-order chi connectivity index (χ1) is 6.06. The summed E-state index contributed by atoms with van der Waals surface area (Å²) >= 11 is 0. The first-order valence-corrected chi connectivity index (χ1v) is 5.32. The Morgan fingerprint density at radius 1 is 1.38 bits per heavy atom. The molecule has 2 rings (SSSR count). The molecule has 1 N–H and O–H groups in total. The van der Waals surface area contributed by atoms with Gasteiger partial charge in [0.1, 0.15) is 12.2 Å². The van der Waals surface area contributed by atoms with Crippen molar-refractivity contribution in [1.29, 1.82) is 0 Å². The molecule has 2 heterocycles. The van der Waals surface area contributed by atoms with Crippen molar-refractivity contribution in [3.8, 4) is 0 Å². The average Bonchev–Trinajstić information content (AvgIpc) is 2.50. The molecule has 2 fully saturated rings. The predicted molar refractivity (Wildman–Crippen MR) is 40.5 cm³/mol. The lowest BCUT2D eigenvalue weighted by Crippen LogP contribution is -2.31. The molecule has 76 valence electrons. The van der Waals surface area contributed by atoms with E-state index >= 15 is 0 Å². The number of ether oxygens (including phenoxy) is 2. The Morgan fingerprint density at radius 3 is 2.85 bits per heavy atom. The van der Waals surface area contributed by atoms with E-state index in [0.29, 0.717) is 6.61 Å². The molecule has 1 unspecified atom stereocenters. The van der Waals surface area contributed by atoms with Gasteiger partial charge in [0.05, 0.1) is 12.7 Å². The van der Waals surface area contributed by atoms with Crippen molar-refractivity contribution >= 4 is 10.4 Å². The first kappa shape index (κ1) is 9.35. The van der Waals surface area contributed by atoms with Crippen LogP contribution in [0.3, 0.4) is 0 Å². The summed E-state index contributed by atoms with van der Waals surface area (Å²) in [7, 11) is -4.41. The molecular formula is C6H10O6S. The maximum absolute atomic E-state index is 10.4. The summed E-state index contributed by atoms with van der Waals surface area (Å²) in [6, 6.07) is 0. The highest BCUT2D eigenvalue weighted by Crippen LogP contribution is 2.28. The van der Waals surface area contributed by atoms with Crippen LogP contribution in [0.2, 0.25) is 0 Å². The van der Waals surface area contributed by atoms with E-state index in [1.165, 1.54) is 0 Å². The SMILES string of the molecule is O=S(=O)(O)O[C@@H]1COC2CCO[C@@H]21. The maximum atomic E-state index is 10.4. The van der Waals surface area contributed by atoms with Crippen LogP contribution in [0.25, 0.3) is 0 Å². The summed E-state index contributed by atoms with van der Waals surface area (Å²) in [5.41, 5.74) is 0. The van der Waals surface area contributed by atoms with Crippen molar-refractivity contribution in [2.24, 2.45) is 0 Å². The van der Waals surface area contributed by atoms with Crippen LogP contribution < -0.4 is 0 Å². The van der Waals surface area contributed by atoms with Crippen molar-refractivity contribution in [3.63, 3.8) is 0 Å². The molecule has 0 radical (unpaired) electrons. The Bertz CT molecular complexity index is 285. The minimum atomic E-state index is -4.41. The Hall–Kier alpha value is -0.210.